The lowest BCUT2D eigenvalue weighted by molar-refractivity contribution is -0.380. The van der Waals surface area contributed by atoms with Gasteiger partial charge < -0.3 is 5.32 Å². The van der Waals surface area contributed by atoms with Crippen LogP contribution < -0.4 is 5.32 Å². The third-order valence-corrected chi connectivity index (χ3v) is 5.14. The molecule has 1 aromatic heterocycles. The molecule has 1 aliphatic heterocycles. The van der Waals surface area contributed by atoms with Gasteiger partial charge in [-0.05, 0) is 38.3 Å². The molecular formula is C14H21N3O2S. The molecule has 0 bridgehead atoms. The van der Waals surface area contributed by atoms with Gasteiger partial charge in [-0.2, -0.15) is 0 Å². The second kappa shape index (κ2) is 6.20. The summed E-state index contributed by atoms with van der Waals surface area (Å²) < 4.78 is 0. The number of thiophene rings is 1. The third kappa shape index (κ3) is 3.56. The normalized spacial score (nSPS) is 23.1. The molecule has 0 aromatic carbocycles. The van der Waals surface area contributed by atoms with Gasteiger partial charge >= 0.3 is 5.00 Å². The van der Waals surface area contributed by atoms with Crippen molar-refractivity contribution < 1.29 is 4.92 Å². The van der Waals surface area contributed by atoms with Crippen molar-refractivity contribution in [2.75, 3.05) is 13.1 Å². The van der Waals surface area contributed by atoms with E-state index < -0.39 is 0 Å². The summed E-state index contributed by atoms with van der Waals surface area (Å²) in [5.74, 6) is 0. The first-order valence-corrected chi connectivity index (χ1v) is 8.24. The maximum Gasteiger partial charge on any atom is 0.324 e. The largest absolute Gasteiger partial charge is 0.324 e. The number of nitrogens with one attached hydrogen (secondary N) is 1. The zero-order chi connectivity index (χ0) is 13.9. The van der Waals surface area contributed by atoms with Crippen LogP contribution in [0.2, 0.25) is 0 Å². The Kier molecular flexibility index (Phi) is 4.33. The van der Waals surface area contributed by atoms with Gasteiger partial charge in [-0.25, -0.2) is 0 Å². The number of hydrogen-bond acceptors (Lipinski definition) is 5. The zero-order valence-corrected chi connectivity index (χ0v) is 12.4. The van der Waals surface area contributed by atoms with Gasteiger partial charge in [-0.1, -0.05) is 17.8 Å². The lowest BCUT2D eigenvalue weighted by Gasteiger charge is -2.30. The van der Waals surface area contributed by atoms with E-state index in [-0.39, 0.29) is 9.92 Å². The third-order valence-electron chi connectivity index (χ3n) is 4.12. The lowest BCUT2D eigenvalue weighted by atomic mass is 10.0. The molecule has 0 radical (unpaired) electrons. The second-order valence-corrected chi connectivity index (χ2v) is 6.95. The molecule has 6 heteroatoms. The summed E-state index contributed by atoms with van der Waals surface area (Å²) in [5.41, 5.74) is 0. The molecule has 1 atom stereocenters. The monoisotopic (exact) mass is 295 g/mol. The molecular weight excluding hydrogens is 274 g/mol. The van der Waals surface area contributed by atoms with Crippen LogP contribution in [0.25, 0.3) is 0 Å². The fourth-order valence-electron chi connectivity index (χ4n) is 2.90. The SMILES string of the molecule is O=[N+]([O-])c1ccc(CN(CC2CCCCN2)C2CC2)s1. The average molecular weight is 295 g/mol. The topological polar surface area (TPSA) is 58.4 Å². The molecule has 1 saturated carbocycles. The first kappa shape index (κ1) is 14.0. The molecule has 2 fully saturated rings. The van der Waals surface area contributed by atoms with E-state index in [9.17, 15) is 10.1 Å². The van der Waals surface area contributed by atoms with Crippen LogP contribution in [0, 0.1) is 10.1 Å². The fourth-order valence-corrected chi connectivity index (χ4v) is 3.74. The van der Waals surface area contributed by atoms with Crippen molar-refractivity contribution >= 4 is 16.3 Å². The summed E-state index contributed by atoms with van der Waals surface area (Å²) in [4.78, 5) is 14.1. The van der Waals surface area contributed by atoms with Crippen LogP contribution >= 0.6 is 11.3 Å². The van der Waals surface area contributed by atoms with Gasteiger partial charge in [-0.3, -0.25) is 15.0 Å². The summed E-state index contributed by atoms with van der Waals surface area (Å²) in [7, 11) is 0. The summed E-state index contributed by atoms with van der Waals surface area (Å²) in [6.07, 6.45) is 6.42. The molecule has 20 heavy (non-hydrogen) atoms. The van der Waals surface area contributed by atoms with Gasteiger partial charge in [0.2, 0.25) is 0 Å². The Morgan fingerprint density at radius 1 is 1.35 bits per heavy atom. The van der Waals surface area contributed by atoms with Gasteiger partial charge in [0.05, 0.1) is 4.92 Å². The van der Waals surface area contributed by atoms with Crippen LogP contribution in [0.1, 0.15) is 37.0 Å². The van der Waals surface area contributed by atoms with Gasteiger partial charge in [0, 0.05) is 36.1 Å². The number of nitro groups is 1. The number of piperidine rings is 1. The molecule has 1 aromatic rings. The van der Waals surface area contributed by atoms with Crippen LogP contribution in [0.5, 0.6) is 0 Å². The highest BCUT2D eigenvalue weighted by atomic mass is 32.1. The molecule has 0 spiro atoms. The fraction of sp³-hybridized carbons (Fsp3) is 0.714. The van der Waals surface area contributed by atoms with Crippen LogP contribution in [0.4, 0.5) is 5.00 Å². The maximum atomic E-state index is 10.8. The van der Waals surface area contributed by atoms with Crippen LogP contribution in [0.3, 0.4) is 0 Å². The Hall–Kier alpha value is -0.980. The number of nitrogens with zero attached hydrogens (tertiary/aromatic N) is 2. The summed E-state index contributed by atoms with van der Waals surface area (Å²) >= 11 is 1.32. The highest BCUT2D eigenvalue weighted by Crippen LogP contribution is 2.32. The minimum atomic E-state index is -0.293. The summed E-state index contributed by atoms with van der Waals surface area (Å²) in [5, 5.41) is 14.6. The van der Waals surface area contributed by atoms with Crippen molar-refractivity contribution in [1.29, 1.82) is 0 Å². The molecule has 5 nitrogen and oxygen atoms in total. The Bertz CT molecular complexity index is 467. The summed E-state index contributed by atoms with van der Waals surface area (Å²) in [6, 6.07) is 4.83. The molecule has 1 saturated heterocycles. The van der Waals surface area contributed by atoms with Crippen molar-refractivity contribution in [2.45, 2.75) is 50.7 Å². The quantitative estimate of drug-likeness (QED) is 0.647. The Morgan fingerprint density at radius 2 is 2.20 bits per heavy atom. The Labute approximate surface area is 123 Å². The predicted molar refractivity (Wildman–Crippen MR) is 80.0 cm³/mol. The van der Waals surface area contributed by atoms with Crippen molar-refractivity contribution in [1.82, 2.24) is 10.2 Å². The van der Waals surface area contributed by atoms with E-state index in [4.69, 9.17) is 0 Å². The molecule has 1 N–H and O–H groups in total. The van der Waals surface area contributed by atoms with Crippen LogP contribution in [0.15, 0.2) is 12.1 Å². The molecule has 1 aliphatic carbocycles. The Balaban J connectivity index is 1.59. The van der Waals surface area contributed by atoms with Crippen molar-refractivity contribution in [3.05, 3.63) is 27.1 Å². The molecule has 3 rings (SSSR count). The minimum Gasteiger partial charge on any atom is -0.313 e. The van der Waals surface area contributed by atoms with E-state index >= 15 is 0 Å². The molecule has 2 heterocycles. The first-order valence-electron chi connectivity index (χ1n) is 7.43. The van der Waals surface area contributed by atoms with Crippen LogP contribution in [-0.4, -0.2) is 35.0 Å². The van der Waals surface area contributed by atoms with Crippen molar-refractivity contribution in [3.63, 3.8) is 0 Å². The Morgan fingerprint density at radius 3 is 2.80 bits per heavy atom. The van der Waals surface area contributed by atoms with E-state index in [1.165, 1.54) is 43.4 Å². The van der Waals surface area contributed by atoms with E-state index in [1.54, 1.807) is 6.07 Å². The van der Waals surface area contributed by atoms with E-state index in [1.807, 2.05) is 6.07 Å². The minimum absolute atomic E-state index is 0.256. The van der Waals surface area contributed by atoms with Gasteiger partial charge in [-0.15, -0.1) is 0 Å². The zero-order valence-electron chi connectivity index (χ0n) is 11.6. The lowest BCUT2D eigenvalue weighted by Crippen LogP contribution is -2.44. The number of rotatable bonds is 6. The molecule has 0 amide bonds. The van der Waals surface area contributed by atoms with E-state index in [2.05, 4.69) is 10.2 Å². The molecule has 1 unspecified atom stereocenters. The van der Waals surface area contributed by atoms with E-state index in [0.717, 1.165) is 24.5 Å². The average Bonchev–Trinajstić information content (AvgIpc) is 3.19. The van der Waals surface area contributed by atoms with Crippen molar-refractivity contribution in [2.24, 2.45) is 0 Å². The molecule has 110 valence electrons. The van der Waals surface area contributed by atoms with E-state index in [0.29, 0.717) is 12.1 Å². The predicted octanol–water partition coefficient (Wildman–Crippen LogP) is 2.76. The highest BCUT2D eigenvalue weighted by molar-refractivity contribution is 7.15. The van der Waals surface area contributed by atoms with Gasteiger partial charge in [0.25, 0.3) is 0 Å². The van der Waals surface area contributed by atoms with Crippen LogP contribution in [-0.2, 0) is 6.54 Å². The van der Waals surface area contributed by atoms with Crippen molar-refractivity contribution in [3.8, 4) is 0 Å². The second-order valence-electron chi connectivity index (χ2n) is 5.80. The maximum absolute atomic E-state index is 10.8. The highest BCUT2D eigenvalue weighted by Gasteiger charge is 2.31. The van der Waals surface area contributed by atoms with Gasteiger partial charge in [0.1, 0.15) is 0 Å². The number of hydrogen-bond donors (Lipinski definition) is 1. The summed E-state index contributed by atoms with van der Waals surface area (Å²) in [6.45, 7) is 3.07. The standard InChI is InChI=1S/C14H21N3O2S/c18-17(19)14-7-6-13(20-14)10-16(12-4-5-12)9-11-3-1-2-8-15-11/h6-7,11-12,15H,1-5,8-10H2. The first-order chi connectivity index (χ1) is 9.72. The molecule has 2 aliphatic rings. The smallest absolute Gasteiger partial charge is 0.313 e. The van der Waals surface area contributed by atoms with Gasteiger partial charge in [0.15, 0.2) is 0 Å².